The van der Waals surface area contributed by atoms with E-state index in [1.807, 2.05) is 0 Å². The summed E-state index contributed by atoms with van der Waals surface area (Å²) in [5.41, 5.74) is -1.20. The molecule has 1 saturated heterocycles. The topological polar surface area (TPSA) is 61.8 Å². The van der Waals surface area contributed by atoms with Gasteiger partial charge in [0, 0.05) is 6.61 Å². The van der Waals surface area contributed by atoms with Gasteiger partial charge in [0.25, 0.3) is 0 Å². The highest BCUT2D eigenvalue weighted by molar-refractivity contribution is 6.02. The number of fused-ring (bicyclic) bond motifs is 1. The molecule has 2 fully saturated rings. The van der Waals surface area contributed by atoms with Gasteiger partial charge < -0.3 is 14.2 Å². The molecule has 2 rings (SSSR count). The van der Waals surface area contributed by atoms with E-state index >= 15 is 0 Å². The van der Waals surface area contributed by atoms with Gasteiger partial charge in [0.1, 0.15) is 0 Å². The summed E-state index contributed by atoms with van der Waals surface area (Å²) in [7, 11) is 0. The van der Waals surface area contributed by atoms with Gasteiger partial charge in [0.15, 0.2) is 5.41 Å². The summed E-state index contributed by atoms with van der Waals surface area (Å²) >= 11 is 0. The van der Waals surface area contributed by atoms with Crippen molar-refractivity contribution in [2.75, 3.05) is 19.8 Å². The summed E-state index contributed by atoms with van der Waals surface area (Å²) in [5.74, 6) is -0.702. The molecule has 1 aliphatic carbocycles. The van der Waals surface area contributed by atoms with Gasteiger partial charge in [-0.15, -0.1) is 0 Å². The highest BCUT2D eigenvalue weighted by atomic mass is 16.6. The van der Waals surface area contributed by atoms with Gasteiger partial charge in [-0.1, -0.05) is 0 Å². The number of carbonyl (C=O) groups is 2. The van der Waals surface area contributed by atoms with E-state index in [1.54, 1.807) is 13.8 Å². The number of esters is 2. The fraction of sp³-hybridized carbons (Fsp3) is 0.833. The predicted octanol–water partition coefficient (Wildman–Crippen LogP) is 0.908. The van der Waals surface area contributed by atoms with E-state index in [0.29, 0.717) is 18.9 Å². The van der Waals surface area contributed by atoms with Gasteiger partial charge in [-0.2, -0.15) is 0 Å². The van der Waals surface area contributed by atoms with Crippen LogP contribution >= 0.6 is 0 Å². The molecule has 0 N–H and O–H groups in total. The summed E-state index contributed by atoms with van der Waals surface area (Å²) in [4.78, 5) is 24.0. The number of hydrogen-bond acceptors (Lipinski definition) is 5. The summed E-state index contributed by atoms with van der Waals surface area (Å²) in [6.07, 6.45) is 1.06. The minimum atomic E-state index is -1.20. The monoisotopic (exact) mass is 242 g/mol. The van der Waals surface area contributed by atoms with Crippen LogP contribution in [0.15, 0.2) is 0 Å². The fourth-order valence-corrected chi connectivity index (χ4v) is 2.76. The van der Waals surface area contributed by atoms with Gasteiger partial charge in [-0.05, 0) is 32.6 Å². The first-order valence-corrected chi connectivity index (χ1v) is 6.12. The summed E-state index contributed by atoms with van der Waals surface area (Å²) in [6, 6.07) is 0. The van der Waals surface area contributed by atoms with Crippen LogP contribution in [0.25, 0.3) is 0 Å². The first-order valence-electron chi connectivity index (χ1n) is 6.12. The molecule has 5 heteroatoms. The van der Waals surface area contributed by atoms with Crippen LogP contribution in [0.4, 0.5) is 0 Å². The molecule has 0 spiro atoms. The lowest BCUT2D eigenvalue weighted by Gasteiger charge is -2.46. The maximum Gasteiger partial charge on any atom is 0.326 e. The second kappa shape index (κ2) is 4.64. The quantitative estimate of drug-likeness (QED) is 0.541. The Labute approximate surface area is 100 Å². The lowest BCUT2D eigenvalue weighted by Crippen LogP contribution is -2.61. The van der Waals surface area contributed by atoms with Gasteiger partial charge >= 0.3 is 11.9 Å². The third-order valence-electron chi connectivity index (χ3n) is 3.56. The first-order chi connectivity index (χ1) is 8.16. The Morgan fingerprint density at radius 1 is 1.24 bits per heavy atom. The van der Waals surface area contributed by atoms with Crippen molar-refractivity contribution in [2.45, 2.75) is 32.8 Å². The third kappa shape index (κ3) is 1.73. The minimum absolute atomic E-state index is 0.261. The standard InChI is InChI=1S/C12H18O5/c1-3-15-10(13)12(11(14)16-4-2)7-8-5-6-17-9(8)12/h8-9H,3-7H2,1-2H3/t8-,9-/m0/s1. The van der Waals surface area contributed by atoms with Crippen molar-refractivity contribution in [1.29, 1.82) is 0 Å². The van der Waals surface area contributed by atoms with Gasteiger partial charge in [-0.3, -0.25) is 9.59 Å². The lowest BCUT2D eigenvalue weighted by molar-refractivity contribution is -0.200. The molecular formula is C12H18O5. The van der Waals surface area contributed by atoms with Crippen molar-refractivity contribution in [3.8, 4) is 0 Å². The van der Waals surface area contributed by atoms with Crippen molar-refractivity contribution in [1.82, 2.24) is 0 Å². The Morgan fingerprint density at radius 2 is 1.82 bits per heavy atom. The molecule has 0 aromatic rings. The molecule has 0 unspecified atom stereocenters. The van der Waals surface area contributed by atoms with Gasteiger partial charge in [-0.25, -0.2) is 0 Å². The zero-order valence-corrected chi connectivity index (χ0v) is 10.2. The highest BCUT2D eigenvalue weighted by Gasteiger charge is 2.68. The average Bonchev–Trinajstić information content (AvgIpc) is 2.63. The van der Waals surface area contributed by atoms with Crippen LogP contribution in [0, 0.1) is 11.3 Å². The van der Waals surface area contributed by atoms with Crippen LogP contribution in [-0.4, -0.2) is 37.9 Å². The fourth-order valence-electron chi connectivity index (χ4n) is 2.76. The normalized spacial score (nSPS) is 29.1. The second-order valence-electron chi connectivity index (χ2n) is 4.46. The van der Waals surface area contributed by atoms with Gasteiger partial charge in [0.05, 0.1) is 19.3 Å². The van der Waals surface area contributed by atoms with Crippen molar-refractivity contribution in [3.05, 3.63) is 0 Å². The summed E-state index contributed by atoms with van der Waals surface area (Å²) in [5, 5.41) is 0. The molecule has 2 aliphatic rings. The highest BCUT2D eigenvalue weighted by Crippen LogP contribution is 2.54. The van der Waals surface area contributed by atoms with E-state index in [1.165, 1.54) is 0 Å². The minimum Gasteiger partial charge on any atom is -0.465 e. The molecule has 0 aromatic heterocycles. The van der Waals surface area contributed by atoms with E-state index < -0.39 is 17.4 Å². The van der Waals surface area contributed by atoms with Crippen molar-refractivity contribution in [3.63, 3.8) is 0 Å². The molecule has 96 valence electrons. The summed E-state index contributed by atoms with van der Waals surface area (Å²) < 4.78 is 15.5. The zero-order valence-electron chi connectivity index (χ0n) is 10.2. The zero-order chi connectivity index (χ0) is 12.5. The number of hydrogen-bond donors (Lipinski definition) is 0. The molecule has 0 bridgehead atoms. The van der Waals surface area contributed by atoms with Crippen LogP contribution in [0.1, 0.15) is 26.7 Å². The Bertz CT molecular complexity index is 307. The largest absolute Gasteiger partial charge is 0.465 e. The Balaban J connectivity index is 2.18. The van der Waals surface area contributed by atoms with E-state index in [4.69, 9.17) is 14.2 Å². The second-order valence-corrected chi connectivity index (χ2v) is 4.46. The van der Waals surface area contributed by atoms with E-state index in [0.717, 1.165) is 6.42 Å². The van der Waals surface area contributed by atoms with Crippen LogP contribution in [0.3, 0.4) is 0 Å². The average molecular weight is 242 g/mol. The van der Waals surface area contributed by atoms with E-state index in [9.17, 15) is 9.59 Å². The van der Waals surface area contributed by atoms with Crippen molar-refractivity contribution >= 4 is 11.9 Å². The maximum atomic E-state index is 12.0. The Morgan fingerprint density at radius 3 is 2.29 bits per heavy atom. The SMILES string of the molecule is CCOC(=O)C1(C(=O)OCC)C[C@@H]2CCO[C@@H]21. The van der Waals surface area contributed by atoms with Crippen LogP contribution in [0.2, 0.25) is 0 Å². The Hall–Kier alpha value is -1.10. The molecule has 1 aliphatic heterocycles. The third-order valence-corrected chi connectivity index (χ3v) is 3.56. The first kappa shape index (κ1) is 12.4. The van der Waals surface area contributed by atoms with E-state index in [2.05, 4.69) is 0 Å². The summed E-state index contributed by atoms with van der Waals surface area (Å²) in [6.45, 7) is 4.58. The lowest BCUT2D eigenvalue weighted by atomic mass is 9.59. The van der Waals surface area contributed by atoms with Crippen molar-refractivity contribution < 1.29 is 23.8 Å². The number of rotatable bonds is 4. The molecule has 17 heavy (non-hydrogen) atoms. The maximum absolute atomic E-state index is 12.0. The molecule has 0 aromatic carbocycles. The molecule has 1 heterocycles. The molecular weight excluding hydrogens is 224 g/mol. The number of carbonyl (C=O) groups excluding carboxylic acids is 2. The molecule has 0 radical (unpaired) electrons. The molecule has 2 atom stereocenters. The predicted molar refractivity (Wildman–Crippen MR) is 58.2 cm³/mol. The van der Waals surface area contributed by atoms with Crippen LogP contribution in [-0.2, 0) is 23.8 Å². The number of ether oxygens (including phenoxy) is 3. The smallest absolute Gasteiger partial charge is 0.326 e. The Kier molecular flexibility index (Phi) is 3.38. The van der Waals surface area contributed by atoms with E-state index in [-0.39, 0.29) is 19.3 Å². The molecule has 5 nitrogen and oxygen atoms in total. The van der Waals surface area contributed by atoms with Gasteiger partial charge in [0.2, 0.25) is 0 Å². The van der Waals surface area contributed by atoms with Crippen LogP contribution < -0.4 is 0 Å². The van der Waals surface area contributed by atoms with Crippen LogP contribution in [0.5, 0.6) is 0 Å². The van der Waals surface area contributed by atoms with Crippen molar-refractivity contribution in [2.24, 2.45) is 11.3 Å². The molecule has 1 saturated carbocycles. The molecule has 0 amide bonds.